The Balaban J connectivity index is 1.71. The molecule has 0 spiro atoms. The molecular weight excluding hydrogens is 264 g/mol. The van der Waals surface area contributed by atoms with Gasteiger partial charge in [0, 0.05) is 37.6 Å². The molecule has 0 unspecified atom stereocenters. The van der Waals surface area contributed by atoms with Gasteiger partial charge in [0.25, 0.3) is 0 Å². The highest BCUT2D eigenvalue weighted by molar-refractivity contribution is 5.21. The number of aromatic nitrogens is 2. The maximum Gasteiger partial charge on any atom is 0.129 e. The number of fused-ring (bicyclic) bond motifs is 1. The van der Waals surface area contributed by atoms with Crippen LogP contribution in [0.3, 0.4) is 0 Å². The van der Waals surface area contributed by atoms with Crippen LogP contribution in [-0.4, -0.2) is 32.6 Å². The van der Waals surface area contributed by atoms with E-state index < -0.39 is 17.7 Å². The number of aliphatic hydroxyl groups excluding tert-OH is 1. The van der Waals surface area contributed by atoms with Gasteiger partial charge >= 0.3 is 0 Å². The van der Waals surface area contributed by atoms with E-state index in [0.717, 1.165) is 37.1 Å². The van der Waals surface area contributed by atoms with Gasteiger partial charge < -0.3 is 9.67 Å². The van der Waals surface area contributed by atoms with Crippen molar-refractivity contribution >= 4 is 0 Å². The van der Waals surface area contributed by atoms with E-state index in [0.29, 0.717) is 6.54 Å². The van der Waals surface area contributed by atoms with Gasteiger partial charge in [-0.3, -0.25) is 4.90 Å². The summed E-state index contributed by atoms with van der Waals surface area (Å²) in [6, 6.07) is 3.13. The lowest BCUT2D eigenvalue weighted by atomic mass is 10.1. The van der Waals surface area contributed by atoms with Crippen LogP contribution in [0.1, 0.15) is 17.5 Å². The fraction of sp³-hybridized carbons (Fsp3) is 0.357. The van der Waals surface area contributed by atoms with Crippen LogP contribution in [0.2, 0.25) is 0 Å². The zero-order chi connectivity index (χ0) is 14.1. The summed E-state index contributed by atoms with van der Waals surface area (Å²) in [5.74, 6) is -0.213. The maximum atomic E-state index is 13.6. The number of rotatable bonds is 3. The van der Waals surface area contributed by atoms with Crippen LogP contribution in [-0.2, 0) is 13.1 Å². The van der Waals surface area contributed by atoms with E-state index in [9.17, 15) is 13.9 Å². The summed E-state index contributed by atoms with van der Waals surface area (Å²) >= 11 is 0. The molecule has 6 heteroatoms. The summed E-state index contributed by atoms with van der Waals surface area (Å²) in [6.07, 6.45) is 2.60. The number of imidazole rings is 1. The van der Waals surface area contributed by atoms with Gasteiger partial charge in [0.1, 0.15) is 17.5 Å². The molecule has 4 nitrogen and oxygen atoms in total. The standard InChI is InChI=1S/C14H15F2N3O/c15-10-1-2-12(16)11(7-10)13(20)8-18-5-6-19-4-3-17-14(19)9-18/h1-4,7,13,20H,5-6,8-9H2/t13-/m0/s1. The van der Waals surface area contributed by atoms with Crippen LogP contribution in [0.15, 0.2) is 30.6 Å². The van der Waals surface area contributed by atoms with E-state index in [1.807, 2.05) is 15.7 Å². The predicted octanol–water partition coefficient (Wildman–Crippen LogP) is 1.71. The van der Waals surface area contributed by atoms with E-state index in [4.69, 9.17) is 0 Å². The van der Waals surface area contributed by atoms with Crippen molar-refractivity contribution in [2.24, 2.45) is 0 Å². The number of halogens is 2. The molecule has 0 amide bonds. The molecule has 1 aliphatic rings. The third-order valence-electron chi connectivity index (χ3n) is 3.57. The molecule has 1 aromatic carbocycles. The first-order chi connectivity index (χ1) is 9.63. The highest BCUT2D eigenvalue weighted by Gasteiger charge is 2.21. The number of benzene rings is 1. The first-order valence-corrected chi connectivity index (χ1v) is 6.49. The van der Waals surface area contributed by atoms with Crippen molar-refractivity contribution in [1.82, 2.24) is 14.5 Å². The van der Waals surface area contributed by atoms with E-state index >= 15 is 0 Å². The van der Waals surface area contributed by atoms with E-state index in [1.165, 1.54) is 0 Å². The van der Waals surface area contributed by atoms with E-state index in [2.05, 4.69) is 4.98 Å². The van der Waals surface area contributed by atoms with Crippen LogP contribution >= 0.6 is 0 Å². The maximum absolute atomic E-state index is 13.6. The molecule has 0 saturated heterocycles. The highest BCUT2D eigenvalue weighted by atomic mass is 19.1. The van der Waals surface area contributed by atoms with Gasteiger partial charge in [-0.2, -0.15) is 0 Å². The summed E-state index contributed by atoms with van der Waals surface area (Å²) in [4.78, 5) is 6.21. The van der Waals surface area contributed by atoms with Crippen molar-refractivity contribution in [3.05, 3.63) is 53.6 Å². The molecule has 0 aliphatic carbocycles. The number of hydrogen-bond donors (Lipinski definition) is 1. The minimum absolute atomic E-state index is 0.00100. The van der Waals surface area contributed by atoms with Gasteiger partial charge in [-0.15, -0.1) is 0 Å². The first-order valence-electron chi connectivity index (χ1n) is 6.49. The Labute approximate surface area is 115 Å². The zero-order valence-electron chi connectivity index (χ0n) is 10.8. The molecule has 1 N–H and O–H groups in total. The Morgan fingerprint density at radius 2 is 2.15 bits per heavy atom. The fourth-order valence-electron chi connectivity index (χ4n) is 2.49. The van der Waals surface area contributed by atoms with Crippen molar-refractivity contribution in [3.8, 4) is 0 Å². The van der Waals surface area contributed by atoms with E-state index in [1.54, 1.807) is 6.20 Å². The Bertz CT molecular complexity index is 614. The van der Waals surface area contributed by atoms with Gasteiger partial charge in [0.05, 0.1) is 12.6 Å². The minimum atomic E-state index is -1.05. The molecule has 1 aromatic heterocycles. The predicted molar refractivity (Wildman–Crippen MR) is 68.8 cm³/mol. The smallest absolute Gasteiger partial charge is 0.129 e. The monoisotopic (exact) mass is 279 g/mol. The quantitative estimate of drug-likeness (QED) is 0.930. The number of hydrogen-bond acceptors (Lipinski definition) is 3. The summed E-state index contributed by atoms with van der Waals surface area (Å²) in [6.45, 7) is 2.39. The topological polar surface area (TPSA) is 41.3 Å². The molecule has 0 radical (unpaired) electrons. The van der Waals surface area contributed by atoms with E-state index in [-0.39, 0.29) is 12.1 Å². The molecular formula is C14H15F2N3O. The lowest BCUT2D eigenvalue weighted by Gasteiger charge is -2.29. The molecule has 106 valence electrons. The Hall–Kier alpha value is -1.79. The molecule has 20 heavy (non-hydrogen) atoms. The van der Waals surface area contributed by atoms with Crippen LogP contribution in [0.4, 0.5) is 8.78 Å². The zero-order valence-corrected chi connectivity index (χ0v) is 10.8. The number of nitrogens with zero attached hydrogens (tertiary/aromatic N) is 3. The highest BCUT2D eigenvalue weighted by Crippen LogP contribution is 2.21. The molecule has 2 aromatic rings. The lowest BCUT2D eigenvalue weighted by molar-refractivity contribution is 0.0935. The van der Waals surface area contributed by atoms with Crippen LogP contribution in [0, 0.1) is 11.6 Å². The largest absolute Gasteiger partial charge is 0.387 e. The second-order valence-electron chi connectivity index (χ2n) is 4.95. The molecule has 0 fully saturated rings. The average Bonchev–Trinajstić information content (AvgIpc) is 2.89. The van der Waals surface area contributed by atoms with Crippen molar-refractivity contribution < 1.29 is 13.9 Å². The van der Waals surface area contributed by atoms with Gasteiger partial charge in [-0.05, 0) is 18.2 Å². The van der Waals surface area contributed by atoms with Crippen molar-refractivity contribution in [3.63, 3.8) is 0 Å². The van der Waals surface area contributed by atoms with Crippen molar-refractivity contribution in [2.45, 2.75) is 19.2 Å². The first kappa shape index (κ1) is 13.2. The number of aliphatic hydroxyl groups is 1. The molecule has 1 aliphatic heterocycles. The second-order valence-corrected chi connectivity index (χ2v) is 4.95. The van der Waals surface area contributed by atoms with Gasteiger partial charge in [0.15, 0.2) is 0 Å². The average molecular weight is 279 g/mol. The Morgan fingerprint density at radius 1 is 1.30 bits per heavy atom. The third-order valence-corrected chi connectivity index (χ3v) is 3.57. The summed E-state index contributed by atoms with van der Waals surface area (Å²) in [5.41, 5.74) is -0.00100. The third kappa shape index (κ3) is 2.57. The van der Waals surface area contributed by atoms with Gasteiger partial charge in [0.2, 0.25) is 0 Å². The molecule has 3 rings (SSSR count). The fourth-order valence-corrected chi connectivity index (χ4v) is 2.49. The Morgan fingerprint density at radius 3 is 3.00 bits per heavy atom. The molecule has 2 heterocycles. The second kappa shape index (κ2) is 5.30. The normalized spacial score (nSPS) is 16.9. The van der Waals surface area contributed by atoms with Crippen LogP contribution in [0.5, 0.6) is 0 Å². The Kier molecular flexibility index (Phi) is 3.50. The van der Waals surface area contributed by atoms with Crippen molar-refractivity contribution in [1.29, 1.82) is 0 Å². The summed E-state index contributed by atoms with van der Waals surface area (Å²) in [5, 5.41) is 10.1. The lowest BCUT2D eigenvalue weighted by Crippen LogP contribution is -2.36. The van der Waals surface area contributed by atoms with Crippen LogP contribution < -0.4 is 0 Å². The summed E-state index contributed by atoms with van der Waals surface area (Å²) in [7, 11) is 0. The van der Waals surface area contributed by atoms with Crippen molar-refractivity contribution in [2.75, 3.05) is 13.1 Å². The minimum Gasteiger partial charge on any atom is -0.387 e. The SMILES string of the molecule is O[C@@H](CN1CCn2ccnc2C1)c1cc(F)ccc1F. The van der Waals surface area contributed by atoms with Crippen LogP contribution in [0.25, 0.3) is 0 Å². The summed E-state index contributed by atoms with van der Waals surface area (Å²) < 4.78 is 28.8. The number of β-amino-alcohol motifs (C(OH)–C–C–N with tert-alkyl or cyclic N) is 1. The van der Waals surface area contributed by atoms with Gasteiger partial charge in [-0.1, -0.05) is 0 Å². The molecule has 0 bridgehead atoms. The van der Waals surface area contributed by atoms with Gasteiger partial charge in [-0.25, -0.2) is 13.8 Å². The molecule has 1 atom stereocenters. The molecule has 0 saturated carbocycles.